The van der Waals surface area contributed by atoms with Crippen LogP contribution in [0.2, 0.25) is 0 Å². The Kier molecular flexibility index (Phi) is 23.1. The van der Waals surface area contributed by atoms with Crippen LogP contribution in [0, 0.1) is 0 Å². The first-order chi connectivity index (χ1) is 16.4. The number of phosphoric ester groups is 1. The molecule has 0 aromatic heterocycles. The van der Waals surface area contributed by atoms with Gasteiger partial charge >= 0.3 is 13.8 Å². The molecule has 0 bridgehead atoms. The molecule has 0 saturated carbocycles. The SMILES string of the molecule is CCC/C=C\CCCC/C=C\CCCCC(=O)OCCCOP(=O)(OC)OCCCCN(C)C. The van der Waals surface area contributed by atoms with Crippen LogP contribution in [-0.4, -0.2) is 58.4 Å². The maximum atomic E-state index is 12.3. The van der Waals surface area contributed by atoms with Gasteiger partial charge in [-0.15, -0.1) is 0 Å². The number of unbranched alkanes of at least 4 members (excludes halogenated alkanes) is 7. The van der Waals surface area contributed by atoms with Crippen molar-refractivity contribution in [2.75, 3.05) is 47.6 Å². The standard InChI is InChI=1S/C26H50NO6P/c1-5-6-7-8-9-10-11-12-13-14-15-16-17-21-26(28)31-23-20-25-33-34(29,30-4)32-24-19-18-22-27(2)3/h7-8,13-14H,5-6,9-12,15-25H2,1-4H3/b8-7-,14-13-. The van der Waals surface area contributed by atoms with Crippen molar-refractivity contribution in [2.45, 2.75) is 90.4 Å². The number of allylic oxidation sites excluding steroid dienone is 4. The Morgan fingerprint density at radius 2 is 1.32 bits per heavy atom. The minimum atomic E-state index is -3.54. The highest BCUT2D eigenvalue weighted by molar-refractivity contribution is 7.48. The summed E-state index contributed by atoms with van der Waals surface area (Å²) in [6.45, 7) is 3.85. The van der Waals surface area contributed by atoms with Gasteiger partial charge in [0.15, 0.2) is 0 Å². The van der Waals surface area contributed by atoms with Crippen molar-refractivity contribution in [1.29, 1.82) is 0 Å². The number of rotatable bonds is 24. The van der Waals surface area contributed by atoms with Gasteiger partial charge in [0, 0.05) is 20.0 Å². The van der Waals surface area contributed by atoms with Gasteiger partial charge in [0.1, 0.15) is 0 Å². The summed E-state index contributed by atoms with van der Waals surface area (Å²) in [6, 6.07) is 0. The van der Waals surface area contributed by atoms with Gasteiger partial charge in [0.25, 0.3) is 0 Å². The number of esters is 1. The molecule has 0 amide bonds. The zero-order chi connectivity index (χ0) is 25.3. The molecule has 0 fully saturated rings. The lowest BCUT2D eigenvalue weighted by molar-refractivity contribution is -0.144. The first-order valence-corrected chi connectivity index (χ1v) is 14.4. The second-order valence-electron chi connectivity index (χ2n) is 8.64. The van der Waals surface area contributed by atoms with E-state index in [-0.39, 0.29) is 19.2 Å². The van der Waals surface area contributed by atoms with Gasteiger partial charge in [-0.3, -0.25) is 18.4 Å². The Bertz CT molecular complexity index is 580. The predicted octanol–water partition coefficient (Wildman–Crippen LogP) is 7.08. The molecule has 0 aliphatic heterocycles. The summed E-state index contributed by atoms with van der Waals surface area (Å²) in [6.07, 6.45) is 21.6. The molecule has 1 atom stereocenters. The number of phosphoric acid groups is 1. The van der Waals surface area contributed by atoms with Gasteiger partial charge in [-0.25, -0.2) is 4.57 Å². The topological polar surface area (TPSA) is 74.3 Å². The van der Waals surface area contributed by atoms with Crippen molar-refractivity contribution in [3.8, 4) is 0 Å². The zero-order valence-electron chi connectivity index (χ0n) is 22.2. The van der Waals surface area contributed by atoms with Crippen LogP contribution in [0.15, 0.2) is 24.3 Å². The molecule has 34 heavy (non-hydrogen) atoms. The fourth-order valence-electron chi connectivity index (χ4n) is 3.04. The Morgan fingerprint density at radius 1 is 0.765 bits per heavy atom. The molecule has 200 valence electrons. The molecular formula is C26H50NO6P. The summed E-state index contributed by atoms with van der Waals surface area (Å²) in [4.78, 5) is 13.9. The molecule has 0 spiro atoms. The van der Waals surface area contributed by atoms with Crippen LogP contribution in [0.25, 0.3) is 0 Å². The maximum absolute atomic E-state index is 12.3. The average molecular weight is 504 g/mol. The number of hydrogen-bond acceptors (Lipinski definition) is 7. The van der Waals surface area contributed by atoms with Gasteiger partial charge in [0.2, 0.25) is 0 Å². The first-order valence-electron chi connectivity index (χ1n) is 13.0. The second-order valence-corrected chi connectivity index (χ2v) is 10.4. The molecule has 0 heterocycles. The van der Waals surface area contributed by atoms with Crippen LogP contribution in [0.3, 0.4) is 0 Å². The number of hydrogen-bond donors (Lipinski definition) is 0. The highest BCUT2D eigenvalue weighted by atomic mass is 31.2. The summed E-state index contributed by atoms with van der Waals surface area (Å²) in [5, 5.41) is 0. The lowest BCUT2D eigenvalue weighted by Crippen LogP contribution is -2.13. The predicted molar refractivity (Wildman–Crippen MR) is 140 cm³/mol. The van der Waals surface area contributed by atoms with Crippen molar-refractivity contribution in [1.82, 2.24) is 4.90 Å². The van der Waals surface area contributed by atoms with Crippen molar-refractivity contribution in [3.05, 3.63) is 24.3 Å². The van der Waals surface area contributed by atoms with Crippen LogP contribution in [0.4, 0.5) is 0 Å². The first kappa shape index (κ1) is 33.0. The van der Waals surface area contributed by atoms with Crippen molar-refractivity contribution in [3.63, 3.8) is 0 Å². The van der Waals surface area contributed by atoms with Crippen molar-refractivity contribution >= 4 is 13.8 Å². The number of ether oxygens (including phenoxy) is 1. The molecule has 1 unspecified atom stereocenters. The lowest BCUT2D eigenvalue weighted by Gasteiger charge is -2.16. The van der Waals surface area contributed by atoms with E-state index in [1.54, 1.807) is 0 Å². The summed E-state index contributed by atoms with van der Waals surface area (Å²) >= 11 is 0. The summed E-state index contributed by atoms with van der Waals surface area (Å²) < 4.78 is 33.0. The van der Waals surface area contributed by atoms with E-state index in [4.69, 9.17) is 18.3 Å². The highest BCUT2D eigenvalue weighted by Crippen LogP contribution is 2.48. The van der Waals surface area contributed by atoms with Crippen molar-refractivity contribution in [2.24, 2.45) is 0 Å². The fourth-order valence-corrected chi connectivity index (χ4v) is 4.03. The number of carbonyl (C=O) groups is 1. The normalized spacial score (nSPS) is 13.8. The molecule has 0 saturated heterocycles. The molecule has 0 aromatic carbocycles. The van der Waals surface area contributed by atoms with Gasteiger partial charge in [-0.2, -0.15) is 0 Å². The van der Waals surface area contributed by atoms with Crippen LogP contribution in [0.5, 0.6) is 0 Å². The largest absolute Gasteiger partial charge is 0.474 e. The molecule has 0 aliphatic carbocycles. The van der Waals surface area contributed by atoms with Crippen molar-refractivity contribution < 1.29 is 27.7 Å². The molecule has 0 rings (SSSR count). The summed E-state index contributed by atoms with van der Waals surface area (Å²) in [7, 11) is 1.78. The van der Waals surface area contributed by atoms with E-state index in [1.165, 1.54) is 39.2 Å². The van der Waals surface area contributed by atoms with E-state index < -0.39 is 7.82 Å². The minimum Gasteiger partial charge on any atom is -0.466 e. The van der Waals surface area contributed by atoms with Gasteiger partial charge in [-0.05, 0) is 84.8 Å². The van der Waals surface area contributed by atoms with E-state index in [1.807, 2.05) is 14.1 Å². The third kappa shape index (κ3) is 22.8. The van der Waals surface area contributed by atoms with E-state index in [0.717, 1.165) is 45.1 Å². The zero-order valence-corrected chi connectivity index (χ0v) is 23.1. The number of carbonyl (C=O) groups excluding carboxylic acids is 1. The average Bonchev–Trinajstić information content (AvgIpc) is 2.81. The molecular weight excluding hydrogens is 453 g/mol. The van der Waals surface area contributed by atoms with E-state index in [9.17, 15) is 9.36 Å². The smallest absolute Gasteiger partial charge is 0.466 e. The fraction of sp³-hybridized carbons (Fsp3) is 0.808. The van der Waals surface area contributed by atoms with E-state index in [2.05, 4.69) is 36.1 Å². The van der Waals surface area contributed by atoms with E-state index in [0.29, 0.717) is 19.4 Å². The molecule has 8 heteroatoms. The molecule has 0 radical (unpaired) electrons. The lowest BCUT2D eigenvalue weighted by atomic mass is 10.1. The Labute approximate surface area is 208 Å². The van der Waals surface area contributed by atoms with Gasteiger partial charge < -0.3 is 9.64 Å². The molecule has 7 nitrogen and oxygen atoms in total. The third-order valence-corrected chi connectivity index (χ3v) is 6.50. The van der Waals surface area contributed by atoms with Crippen LogP contribution < -0.4 is 0 Å². The maximum Gasteiger partial charge on any atom is 0.474 e. The van der Waals surface area contributed by atoms with E-state index >= 15 is 0 Å². The highest BCUT2D eigenvalue weighted by Gasteiger charge is 2.24. The molecule has 0 aliphatic rings. The Hall–Kier alpha value is -0.980. The van der Waals surface area contributed by atoms with Crippen LogP contribution >= 0.6 is 7.82 Å². The van der Waals surface area contributed by atoms with Gasteiger partial charge in [-0.1, -0.05) is 37.6 Å². The third-order valence-electron chi connectivity index (χ3n) is 5.06. The molecule has 0 aromatic rings. The summed E-state index contributed by atoms with van der Waals surface area (Å²) in [5.74, 6) is -0.202. The minimum absolute atomic E-state index is 0.149. The number of nitrogens with zero attached hydrogens (tertiary/aromatic N) is 1. The monoisotopic (exact) mass is 503 g/mol. The Balaban J connectivity index is 3.61. The quantitative estimate of drug-likeness (QED) is 0.0603. The van der Waals surface area contributed by atoms with Crippen LogP contribution in [-0.2, 0) is 27.7 Å². The van der Waals surface area contributed by atoms with Crippen LogP contribution in [0.1, 0.15) is 90.4 Å². The Morgan fingerprint density at radius 3 is 1.88 bits per heavy atom. The van der Waals surface area contributed by atoms with Gasteiger partial charge in [0.05, 0.1) is 19.8 Å². The second kappa shape index (κ2) is 23.7. The molecule has 0 N–H and O–H groups in total. The summed E-state index contributed by atoms with van der Waals surface area (Å²) in [5.41, 5.74) is 0.